The van der Waals surface area contributed by atoms with Gasteiger partial charge in [-0.15, -0.1) is 0 Å². The maximum atomic E-state index is 12.8. The highest BCUT2D eigenvalue weighted by atomic mass is 79.9. The Morgan fingerprint density at radius 2 is 2.12 bits per heavy atom. The molecule has 1 aromatic carbocycles. The number of nitrogens with zero attached hydrogens (tertiary/aromatic N) is 1. The first-order valence-corrected chi connectivity index (χ1v) is 10.1. The predicted molar refractivity (Wildman–Crippen MR) is 102 cm³/mol. The van der Waals surface area contributed by atoms with Crippen LogP contribution in [0.1, 0.15) is 36.3 Å². The Kier molecular flexibility index (Phi) is 4.29. The van der Waals surface area contributed by atoms with Gasteiger partial charge in [0.1, 0.15) is 5.82 Å². The molecule has 1 atom stereocenters. The lowest BCUT2D eigenvalue weighted by Crippen LogP contribution is -2.32. The molecule has 2 N–H and O–H groups in total. The molecule has 5 nitrogen and oxygen atoms in total. The lowest BCUT2D eigenvalue weighted by molar-refractivity contribution is -0.116. The summed E-state index contributed by atoms with van der Waals surface area (Å²) in [6.07, 6.45) is 4.01. The molecule has 1 aliphatic heterocycles. The molecule has 0 spiro atoms. The number of Topliss-reactive ketones (excluding diaryl/α,β-unsaturated/α-hetero) is 1. The molecule has 7 heteroatoms. The molecule has 0 bridgehead atoms. The lowest BCUT2D eigenvalue weighted by atomic mass is 9.76. The first kappa shape index (κ1) is 16.6. The number of nitrogens with one attached hydrogen (secondary N) is 2. The molecule has 2 aliphatic rings. The molecular formula is C18H16BrN3O2S. The smallest absolute Gasteiger partial charge is 0.257 e. The molecule has 0 saturated carbocycles. The van der Waals surface area contributed by atoms with Crippen molar-refractivity contribution in [2.45, 2.75) is 30.3 Å². The number of thioether (sulfide) groups is 1. The topological polar surface area (TPSA) is 74.8 Å². The van der Waals surface area contributed by atoms with Crippen LogP contribution in [0.4, 0.5) is 5.82 Å². The third-order valence-electron chi connectivity index (χ3n) is 4.61. The van der Waals surface area contributed by atoms with E-state index < -0.39 is 0 Å². The van der Waals surface area contributed by atoms with Gasteiger partial charge in [0.25, 0.3) is 5.56 Å². The van der Waals surface area contributed by atoms with Crippen LogP contribution in [-0.2, 0) is 4.79 Å². The van der Waals surface area contributed by atoms with Gasteiger partial charge in [0.15, 0.2) is 10.9 Å². The van der Waals surface area contributed by atoms with Gasteiger partial charge >= 0.3 is 0 Å². The molecule has 4 rings (SSSR count). The van der Waals surface area contributed by atoms with E-state index in [0.717, 1.165) is 28.6 Å². The molecule has 128 valence electrons. The van der Waals surface area contributed by atoms with E-state index in [0.29, 0.717) is 28.5 Å². The standard InChI is InChI=1S/C18H16BrN3O2S/c1-25-18-21-16-15(17(24)22-18)13(9-4-2-5-10(19)8-9)14-11(20-16)6-3-7-12(14)23/h2,4-5,8,13H,3,6-7H2,1H3,(H2,20,21,22,24). The van der Waals surface area contributed by atoms with E-state index in [1.807, 2.05) is 30.5 Å². The van der Waals surface area contributed by atoms with Gasteiger partial charge < -0.3 is 10.3 Å². The molecule has 0 saturated heterocycles. The highest BCUT2D eigenvalue weighted by Crippen LogP contribution is 2.43. The van der Waals surface area contributed by atoms with Gasteiger partial charge in [-0.25, -0.2) is 4.98 Å². The molecule has 0 fully saturated rings. The second kappa shape index (κ2) is 6.46. The maximum Gasteiger partial charge on any atom is 0.257 e. The van der Waals surface area contributed by atoms with Gasteiger partial charge in [-0.05, 0) is 36.8 Å². The number of allylic oxidation sites excluding steroid dienone is 2. The van der Waals surface area contributed by atoms with Crippen LogP contribution < -0.4 is 10.9 Å². The van der Waals surface area contributed by atoms with E-state index in [1.54, 1.807) is 0 Å². The van der Waals surface area contributed by atoms with E-state index in [9.17, 15) is 9.59 Å². The van der Waals surface area contributed by atoms with Gasteiger partial charge in [0.05, 0.1) is 5.56 Å². The molecule has 1 aromatic heterocycles. The SMILES string of the molecule is CSc1nc2c(c(=O)[nH]1)C(c1cccc(Br)c1)C1=C(CCCC1=O)N2. The maximum absolute atomic E-state index is 12.8. The molecule has 25 heavy (non-hydrogen) atoms. The molecule has 0 amide bonds. The van der Waals surface area contributed by atoms with E-state index in [4.69, 9.17) is 0 Å². The Labute approximate surface area is 157 Å². The van der Waals surface area contributed by atoms with Crippen LogP contribution in [0.5, 0.6) is 0 Å². The van der Waals surface area contributed by atoms with Crippen molar-refractivity contribution in [3.8, 4) is 0 Å². The molecule has 1 aliphatic carbocycles. The number of H-pyrrole nitrogens is 1. The van der Waals surface area contributed by atoms with Gasteiger partial charge in [-0.1, -0.05) is 39.8 Å². The lowest BCUT2D eigenvalue weighted by Gasteiger charge is -2.32. The summed E-state index contributed by atoms with van der Waals surface area (Å²) in [5.74, 6) is 0.285. The van der Waals surface area contributed by atoms with Gasteiger partial charge in [0, 0.05) is 28.1 Å². The van der Waals surface area contributed by atoms with E-state index in [1.165, 1.54) is 11.8 Å². The summed E-state index contributed by atoms with van der Waals surface area (Å²) in [5.41, 5.74) is 2.85. The fourth-order valence-corrected chi connectivity index (χ4v) is 4.35. The van der Waals surface area contributed by atoms with Crippen molar-refractivity contribution in [1.82, 2.24) is 9.97 Å². The zero-order valence-electron chi connectivity index (χ0n) is 13.6. The summed E-state index contributed by atoms with van der Waals surface area (Å²) in [4.78, 5) is 32.9. The summed E-state index contributed by atoms with van der Waals surface area (Å²) in [6, 6.07) is 7.78. The van der Waals surface area contributed by atoms with Crippen LogP contribution in [0.2, 0.25) is 0 Å². The largest absolute Gasteiger partial charge is 0.343 e. The van der Waals surface area contributed by atoms with Crippen molar-refractivity contribution in [2.24, 2.45) is 0 Å². The number of hydrogen-bond donors (Lipinski definition) is 2. The normalized spacial score (nSPS) is 19.3. The number of carbonyl (C=O) groups is 1. The first-order valence-electron chi connectivity index (χ1n) is 8.05. The number of aromatic nitrogens is 2. The monoisotopic (exact) mass is 417 g/mol. The van der Waals surface area contributed by atoms with Crippen molar-refractivity contribution >= 4 is 39.3 Å². The molecular weight excluding hydrogens is 402 g/mol. The summed E-state index contributed by atoms with van der Waals surface area (Å²) < 4.78 is 0.917. The Balaban J connectivity index is 2.00. The molecule has 0 radical (unpaired) electrons. The number of aromatic amines is 1. The highest BCUT2D eigenvalue weighted by Gasteiger charge is 2.37. The van der Waals surface area contributed by atoms with E-state index >= 15 is 0 Å². The van der Waals surface area contributed by atoms with Crippen molar-refractivity contribution < 1.29 is 4.79 Å². The Hall–Kier alpha value is -1.86. The number of fused-ring (bicyclic) bond motifs is 1. The van der Waals surface area contributed by atoms with E-state index in [2.05, 4.69) is 31.2 Å². The summed E-state index contributed by atoms with van der Waals surface area (Å²) in [5, 5.41) is 3.83. The molecule has 2 aromatic rings. The number of halogens is 1. The minimum absolute atomic E-state index is 0.109. The average molecular weight is 418 g/mol. The van der Waals surface area contributed by atoms with Crippen LogP contribution >= 0.6 is 27.7 Å². The van der Waals surface area contributed by atoms with Crippen LogP contribution in [0.25, 0.3) is 0 Å². The fraction of sp³-hybridized carbons (Fsp3) is 0.278. The predicted octanol–water partition coefficient (Wildman–Crippen LogP) is 3.82. The van der Waals surface area contributed by atoms with Crippen LogP contribution in [0, 0.1) is 0 Å². The minimum Gasteiger partial charge on any atom is -0.343 e. The van der Waals surface area contributed by atoms with Crippen molar-refractivity contribution in [3.05, 3.63) is 61.5 Å². The number of anilines is 1. The van der Waals surface area contributed by atoms with Crippen LogP contribution in [0.3, 0.4) is 0 Å². The minimum atomic E-state index is -0.385. The second-order valence-corrected chi connectivity index (χ2v) is 7.83. The van der Waals surface area contributed by atoms with Crippen LogP contribution in [-0.4, -0.2) is 22.0 Å². The van der Waals surface area contributed by atoms with Gasteiger partial charge in [0.2, 0.25) is 0 Å². The van der Waals surface area contributed by atoms with Crippen molar-refractivity contribution in [1.29, 1.82) is 0 Å². The number of rotatable bonds is 2. The Bertz CT molecular complexity index is 967. The zero-order chi connectivity index (χ0) is 17.6. The third-order valence-corrected chi connectivity index (χ3v) is 5.68. The second-order valence-electron chi connectivity index (χ2n) is 6.12. The van der Waals surface area contributed by atoms with Gasteiger partial charge in [-0.3, -0.25) is 9.59 Å². The number of hydrogen-bond acceptors (Lipinski definition) is 5. The molecule has 2 heterocycles. The highest BCUT2D eigenvalue weighted by molar-refractivity contribution is 9.10. The molecule has 1 unspecified atom stereocenters. The summed E-state index contributed by atoms with van der Waals surface area (Å²) in [6.45, 7) is 0. The third kappa shape index (κ3) is 2.85. The van der Waals surface area contributed by atoms with Crippen molar-refractivity contribution in [2.75, 3.05) is 11.6 Å². The Morgan fingerprint density at radius 1 is 1.28 bits per heavy atom. The Morgan fingerprint density at radius 3 is 2.88 bits per heavy atom. The van der Waals surface area contributed by atoms with Crippen molar-refractivity contribution in [3.63, 3.8) is 0 Å². The van der Waals surface area contributed by atoms with Crippen LogP contribution in [0.15, 0.2) is 50.0 Å². The van der Waals surface area contributed by atoms with E-state index in [-0.39, 0.29) is 17.3 Å². The summed E-state index contributed by atoms with van der Waals surface area (Å²) in [7, 11) is 0. The number of benzene rings is 1. The first-order chi connectivity index (χ1) is 12.1. The number of ketones is 1. The average Bonchev–Trinajstić information content (AvgIpc) is 2.60. The fourth-order valence-electron chi connectivity index (χ4n) is 3.56. The quantitative estimate of drug-likeness (QED) is 0.573. The summed E-state index contributed by atoms with van der Waals surface area (Å²) >= 11 is 4.88. The van der Waals surface area contributed by atoms with Gasteiger partial charge in [-0.2, -0.15) is 0 Å². The zero-order valence-corrected chi connectivity index (χ0v) is 16.0. The number of carbonyl (C=O) groups excluding carboxylic acids is 1.